The van der Waals surface area contributed by atoms with E-state index in [9.17, 15) is 0 Å². The van der Waals surface area contributed by atoms with Gasteiger partial charge in [-0.3, -0.25) is 0 Å². The number of fused-ring (bicyclic) bond motifs is 5. The van der Waals surface area contributed by atoms with Crippen LogP contribution >= 0.6 is 0 Å². The summed E-state index contributed by atoms with van der Waals surface area (Å²) in [5.41, 5.74) is 5.63. The molecule has 0 saturated heterocycles. The highest BCUT2D eigenvalue weighted by Crippen LogP contribution is 2.72. The summed E-state index contributed by atoms with van der Waals surface area (Å²) in [6, 6.07) is 0. The van der Waals surface area contributed by atoms with Crippen LogP contribution in [-0.4, -0.2) is 16.7 Å². The van der Waals surface area contributed by atoms with Crippen molar-refractivity contribution >= 4 is 0 Å². The lowest BCUT2D eigenvalue weighted by molar-refractivity contribution is 0.350. The second-order valence-electron chi connectivity index (χ2n) is 6.14. The molecule has 4 nitrogen and oxygen atoms in total. The van der Waals surface area contributed by atoms with Crippen LogP contribution in [0.1, 0.15) is 49.7 Å². The zero-order valence-electron chi connectivity index (χ0n) is 10.2. The Morgan fingerprint density at radius 1 is 1.35 bits per heavy atom. The van der Waals surface area contributed by atoms with Crippen molar-refractivity contribution in [2.75, 3.05) is 6.54 Å². The van der Waals surface area contributed by atoms with Crippen LogP contribution in [0.2, 0.25) is 0 Å². The van der Waals surface area contributed by atoms with Crippen LogP contribution < -0.4 is 5.73 Å². The first-order valence-corrected chi connectivity index (χ1v) is 6.83. The van der Waals surface area contributed by atoms with Crippen molar-refractivity contribution in [2.24, 2.45) is 29.4 Å². The molecule has 0 aromatic carbocycles. The van der Waals surface area contributed by atoms with Crippen LogP contribution in [-0.2, 0) is 0 Å². The van der Waals surface area contributed by atoms with Crippen LogP contribution in [0.4, 0.5) is 0 Å². The lowest BCUT2D eigenvalue weighted by Crippen LogP contribution is -2.10. The van der Waals surface area contributed by atoms with Crippen LogP contribution in [0.3, 0.4) is 0 Å². The fourth-order valence-corrected chi connectivity index (χ4v) is 4.34. The Labute approximate surface area is 101 Å². The zero-order valence-corrected chi connectivity index (χ0v) is 10.2. The lowest BCUT2D eigenvalue weighted by atomic mass is 10.0. The average molecular weight is 233 g/mol. The number of hydrogen-bond acceptors (Lipinski definition) is 4. The molecule has 0 amide bonds. The van der Waals surface area contributed by atoms with Crippen LogP contribution in [0, 0.1) is 23.7 Å². The third-order valence-electron chi connectivity index (χ3n) is 5.27. The molecule has 92 valence electrons. The molecule has 0 spiro atoms. The van der Waals surface area contributed by atoms with E-state index < -0.39 is 0 Å². The molecule has 2 bridgehead atoms. The minimum absolute atomic E-state index is 0.211. The summed E-state index contributed by atoms with van der Waals surface area (Å²) < 4.78 is 5.46. The highest BCUT2D eigenvalue weighted by Gasteiger charge is 2.67. The number of aromatic nitrogens is 2. The molecule has 3 saturated carbocycles. The Morgan fingerprint density at radius 2 is 2.06 bits per heavy atom. The first kappa shape index (κ1) is 10.1. The van der Waals surface area contributed by atoms with Gasteiger partial charge in [0.05, 0.1) is 0 Å². The molecule has 5 atom stereocenters. The summed E-state index contributed by atoms with van der Waals surface area (Å²) in [6.07, 6.45) is 4.33. The van der Waals surface area contributed by atoms with Crippen molar-refractivity contribution in [3.63, 3.8) is 0 Å². The predicted octanol–water partition coefficient (Wildman–Crippen LogP) is 1.89. The van der Waals surface area contributed by atoms with E-state index in [-0.39, 0.29) is 5.92 Å². The van der Waals surface area contributed by atoms with Gasteiger partial charge < -0.3 is 10.3 Å². The van der Waals surface area contributed by atoms with Gasteiger partial charge in [0.1, 0.15) is 0 Å². The third-order valence-corrected chi connectivity index (χ3v) is 5.27. The van der Waals surface area contributed by atoms with Gasteiger partial charge in [-0.1, -0.05) is 12.1 Å². The maximum absolute atomic E-state index is 5.63. The van der Waals surface area contributed by atoms with E-state index in [0.29, 0.717) is 12.5 Å². The molecule has 5 unspecified atom stereocenters. The van der Waals surface area contributed by atoms with Crippen LogP contribution in [0.25, 0.3) is 0 Å². The fourth-order valence-electron chi connectivity index (χ4n) is 4.34. The Bertz CT molecular complexity index is 428. The van der Waals surface area contributed by atoms with E-state index in [1.807, 2.05) is 6.92 Å². The quantitative estimate of drug-likeness (QED) is 0.865. The molecule has 17 heavy (non-hydrogen) atoms. The second kappa shape index (κ2) is 3.31. The van der Waals surface area contributed by atoms with Crippen molar-refractivity contribution in [3.8, 4) is 0 Å². The summed E-state index contributed by atoms with van der Waals surface area (Å²) in [4.78, 5) is 4.56. The molecule has 1 heterocycles. The van der Waals surface area contributed by atoms with Gasteiger partial charge in [-0.2, -0.15) is 4.98 Å². The predicted molar refractivity (Wildman–Crippen MR) is 62.3 cm³/mol. The number of rotatable bonds is 3. The maximum Gasteiger partial charge on any atom is 0.230 e. The molecule has 0 radical (unpaired) electrons. The smallest absolute Gasteiger partial charge is 0.230 e. The average Bonchev–Trinajstić information content (AvgIpc) is 2.81. The Kier molecular flexibility index (Phi) is 1.96. The normalized spacial score (nSPS) is 43.8. The molecule has 4 heteroatoms. The van der Waals surface area contributed by atoms with Crippen molar-refractivity contribution in [1.29, 1.82) is 0 Å². The molecule has 3 aliphatic carbocycles. The highest BCUT2D eigenvalue weighted by atomic mass is 16.5. The second-order valence-corrected chi connectivity index (χ2v) is 6.14. The van der Waals surface area contributed by atoms with E-state index in [4.69, 9.17) is 10.3 Å². The number of hydrogen-bond donors (Lipinski definition) is 1. The van der Waals surface area contributed by atoms with Crippen molar-refractivity contribution in [3.05, 3.63) is 11.7 Å². The number of nitrogens with zero attached hydrogens (tertiary/aromatic N) is 2. The SMILES string of the molecule is CC(CN)c1noc(C2C3C4CCC(C4)C23)n1. The summed E-state index contributed by atoms with van der Waals surface area (Å²) in [5.74, 6) is 6.14. The first-order chi connectivity index (χ1) is 8.29. The Balaban J connectivity index is 1.56. The first-order valence-electron chi connectivity index (χ1n) is 6.83. The van der Waals surface area contributed by atoms with Gasteiger partial charge in [-0.05, 0) is 42.9 Å². The van der Waals surface area contributed by atoms with Crippen molar-refractivity contribution in [2.45, 2.75) is 38.0 Å². The van der Waals surface area contributed by atoms with Gasteiger partial charge in [-0.15, -0.1) is 0 Å². The van der Waals surface area contributed by atoms with Gasteiger partial charge in [0.15, 0.2) is 5.82 Å². The summed E-state index contributed by atoms with van der Waals surface area (Å²) in [7, 11) is 0. The molecule has 0 aliphatic heterocycles. The molecule has 1 aromatic heterocycles. The van der Waals surface area contributed by atoms with Gasteiger partial charge in [-0.25, -0.2) is 0 Å². The van der Waals surface area contributed by atoms with Crippen molar-refractivity contribution in [1.82, 2.24) is 10.1 Å². The standard InChI is InChI=1S/C13H19N3O/c1-6(5-14)12-15-13(17-16-12)11-9-7-2-3-8(4-7)10(9)11/h6-11H,2-5,14H2,1H3. The third kappa shape index (κ3) is 1.27. The molecule has 3 aliphatic rings. The molecule has 4 rings (SSSR count). The largest absolute Gasteiger partial charge is 0.339 e. The molecule has 1 aromatic rings. The Morgan fingerprint density at radius 3 is 2.71 bits per heavy atom. The van der Waals surface area contributed by atoms with Crippen LogP contribution in [0.5, 0.6) is 0 Å². The molecule has 3 fully saturated rings. The fraction of sp³-hybridized carbons (Fsp3) is 0.846. The summed E-state index contributed by atoms with van der Waals surface area (Å²) >= 11 is 0. The van der Waals surface area contributed by atoms with Gasteiger partial charge in [0.25, 0.3) is 0 Å². The maximum atomic E-state index is 5.63. The topological polar surface area (TPSA) is 64.9 Å². The molecular formula is C13H19N3O. The minimum Gasteiger partial charge on any atom is -0.339 e. The van der Waals surface area contributed by atoms with E-state index >= 15 is 0 Å². The molecule has 2 N–H and O–H groups in total. The van der Waals surface area contributed by atoms with Gasteiger partial charge in [0.2, 0.25) is 5.89 Å². The lowest BCUT2D eigenvalue weighted by Gasteiger charge is -2.04. The summed E-state index contributed by atoms with van der Waals surface area (Å²) in [5, 5.41) is 4.08. The van der Waals surface area contributed by atoms with E-state index in [1.54, 1.807) is 0 Å². The van der Waals surface area contributed by atoms with Crippen molar-refractivity contribution < 1.29 is 4.52 Å². The Hall–Kier alpha value is -0.900. The monoisotopic (exact) mass is 233 g/mol. The number of nitrogens with two attached hydrogens (primary N) is 1. The minimum atomic E-state index is 0.211. The van der Waals surface area contributed by atoms with E-state index in [0.717, 1.165) is 35.4 Å². The highest BCUT2D eigenvalue weighted by molar-refractivity contribution is 5.23. The van der Waals surface area contributed by atoms with Crippen LogP contribution in [0.15, 0.2) is 4.52 Å². The summed E-state index contributed by atoms with van der Waals surface area (Å²) in [6.45, 7) is 2.63. The molecular weight excluding hydrogens is 214 g/mol. The van der Waals surface area contributed by atoms with Gasteiger partial charge in [0, 0.05) is 18.4 Å². The van der Waals surface area contributed by atoms with E-state index in [2.05, 4.69) is 10.1 Å². The zero-order chi connectivity index (χ0) is 11.6. The van der Waals surface area contributed by atoms with Gasteiger partial charge >= 0.3 is 0 Å². The van der Waals surface area contributed by atoms with E-state index in [1.165, 1.54) is 19.3 Å².